The van der Waals surface area contributed by atoms with Crippen LogP contribution in [0.2, 0.25) is 0 Å². The molecule has 16 heavy (non-hydrogen) atoms. The Hall–Kier alpha value is -1.45. The first kappa shape index (κ1) is 12.6. The van der Waals surface area contributed by atoms with Crippen molar-refractivity contribution in [3.63, 3.8) is 0 Å². The van der Waals surface area contributed by atoms with Gasteiger partial charge in [0.05, 0.1) is 0 Å². The van der Waals surface area contributed by atoms with E-state index in [0.717, 1.165) is 0 Å². The first-order valence-electron chi connectivity index (χ1n) is 5.14. The Balaban J connectivity index is 2.83. The van der Waals surface area contributed by atoms with Crippen LogP contribution in [0.5, 0.6) is 0 Å². The summed E-state index contributed by atoms with van der Waals surface area (Å²) in [6.45, 7) is 1.42. The van der Waals surface area contributed by atoms with Gasteiger partial charge in [-0.3, -0.25) is 4.79 Å². The van der Waals surface area contributed by atoms with E-state index in [0.29, 0.717) is 5.56 Å². The minimum Gasteiger partial charge on any atom is -0.481 e. The fraction of sp³-hybridized carbons (Fsp3) is 0.417. The number of carbonyl (C=O) groups is 1. The second-order valence-corrected chi connectivity index (χ2v) is 3.65. The molecule has 4 heteroatoms. The van der Waals surface area contributed by atoms with Crippen molar-refractivity contribution in [2.24, 2.45) is 0 Å². The highest BCUT2D eigenvalue weighted by Crippen LogP contribution is 2.31. The molecule has 1 N–H and O–H groups in total. The number of rotatable bonds is 5. The molecule has 0 heterocycles. The quantitative estimate of drug-likeness (QED) is 0.840. The van der Waals surface area contributed by atoms with Crippen LogP contribution in [0.15, 0.2) is 24.3 Å². The molecule has 0 saturated heterocycles. The summed E-state index contributed by atoms with van der Waals surface area (Å²) in [6, 6.07) is 5.95. The molecule has 0 atom stereocenters. The van der Waals surface area contributed by atoms with Gasteiger partial charge in [0.1, 0.15) is 0 Å². The summed E-state index contributed by atoms with van der Waals surface area (Å²) in [4.78, 5) is 10.4. The number of benzene rings is 1. The molecule has 0 radical (unpaired) electrons. The van der Waals surface area contributed by atoms with E-state index in [1.165, 1.54) is 25.1 Å². The summed E-state index contributed by atoms with van der Waals surface area (Å²) in [6.07, 6.45) is -0.0144. The molecule has 0 aromatic heterocycles. The van der Waals surface area contributed by atoms with Crippen LogP contribution in [0.3, 0.4) is 0 Å². The van der Waals surface area contributed by atoms with E-state index in [1.54, 1.807) is 6.07 Å². The predicted octanol–water partition coefficient (Wildman–Crippen LogP) is 3.21. The summed E-state index contributed by atoms with van der Waals surface area (Å²) in [5.41, 5.74) is 0.589. The van der Waals surface area contributed by atoms with E-state index < -0.39 is 11.9 Å². The van der Waals surface area contributed by atoms with Gasteiger partial charge in [-0.2, -0.15) is 0 Å². The molecule has 0 aliphatic rings. The van der Waals surface area contributed by atoms with Gasteiger partial charge in [-0.05, 0) is 18.1 Å². The molecule has 0 bridgehead atoms. The largest absolute Gasteiger partial charge is 0.481 e. The zero-order chi connectivity index (χ0) is 12.2. The molecular formula is C12H14F2O2. The van der Waals surface area contributed by atoms with Gasteiger partial charge in [0.2, 0.25) is 0 Å². The van der Waals surface area contributed by atoms with E-state index in [-0.39, 0.29) is 24.8 Å². The maximum Gasteiger partial charge on any atom is 0.303 e. The Kier molecular flexibility index (Phi) is 3.99. The SMILES string of the molecule is CCC(F)(F)c1cccc(CCC(=O)O)c1. The Morgan fingerprint density at radius 3 is 2.69 bits per heavy atom. The van der Waals surface area contributed by atoms with Crippen LogP contribution in [0, 0.1) is 0 Å². The summed E-state index contributed by atoms with van der Waals surface area (Å²) in [7, 11) is 0. The Bertz CT molecular complexity index is 375. The Morgan fingerprint density at radius 1 is 1.44 bits per heavy atom. The number of aliphatic carboxylic acids is 1. The van der Waals surface area contributed by atoms with E-state index in [4.69, 9.17) is 5.11 Å². The highest BCUT2D eigenvalue weighted by atomic mass is 19.3. The lowest BCUT2D eigenvalue weighted by Crippen LogP contribution is -2.11. The van der Waals surface area contributed by atoms with Crippen molar-refractivity contribution < 1.29 is 18.7 Å². The lowest BCUT2D eigenvalue weighted by molar-refractivity contribution is -0.136. The van der Waals surface area contributed by atoms with Crippen LogP contribution in [-0.4, -0.2) is 11.1 Å². The standard InChI is InChI=1S/C12H14F2O2/c1-2-12(13,14)10-5-3-4-9(8-10)6-7-11(15)16/h3-5,8H,2,6-7H2,1H3,(H,15,16). The molecule has 88 valence electrons. The normalized spacial score (nSPS) is 11.4. The second-order valence-electron chi connectivity index (χ2n) is 3.65. The molecule has 1 aromatic carbocycles. The zero-order valence-corrected chi connectivity index (χ0v) is 9.04. The monoisotopic (exact) mass is 228 g/mol. The molecule has 0 saturated carbocycles. The molecule has 1 rings (SSSR count). The van der Waals surface area contributed by atoms with Crippen LogP contribution in [0.1, 0.15) is 30.9 Å². The molecule has 1 aromatic rings. The summed E-state index contributed by atoms with van der Waals surface area (Å²) in [5.74, 6) is -3.76. The van der Waals surface area contributed by atoms with Crippen LogP contribution in [0.25, 0.3) is 0 Å². The molecule has 0 unspecified atom stereocenters. The first-order chi connectivity index (χ1) is 7.45. The second kappa shape index (κ2) is 5.05. The Labute approximate surface area is 92.9 Å². The third-order valence-electron chi connectivity index (χ3n) is 2.42. The summed E-state index contributed by atoms with van der Waals surface area (Å²) in [5, 5.41) is 8.50. The topological polar surface area (TPSA) is 37.3 Å². The molecular weight excluding hydrogens is 214 g/mol. The van der Waals surface area contributed by atoms with E-state index in [1.807, 2.05) is 0 Å². The van der Waals surface area contributed by atoms with Crippen molar-refractivity contribution in [1.29, 1.82) is 0 Å². The number of carboxylic acids is 1. The van der Waals surface area contributed by atoms with Gasteiger partial charge < -0.3 is 5.11 Å². The van der Waals surface area contributed by atoms with Crippen LogP contribution in [-0.2, 0) is 17.1 Å². The van der Waals surface area contributed by atoms with Crippen molar-refractivity contribution in [3.05, 3.63) is 35.4 Å². The fourth-order valence-electron chi connectivity index (χ4n) is 1.41. The van der Waals surface area contributed by atoms with Gasteiger partial charge in [0, 0.05) is 18.4 Å². The highest BCUT2D eigenvalue weighted by molar-refractivity contribution is 5.67. The maximum absolute atomic E-state index is 13.3. The smallest absolute Gasteiger partial charge is 0.303 e. The lowest BCUT2D eigenvalue weighted by atomic mass is 10.0. The van der Waals surface area contributed by atoms with E-state index in [9.17, 15) is 13.6 Å². The van der Waals surface area contributed by atoms with Gasteiger partial charge in [0.15, 0.2) is 0 Å². The van der Waals surface area contributed by atoms with Crippen molar-refractivity contribution in [3.8, 4) is 0 Å². The molecule has 0 fully saturated rings. The first-order valence-corrected chi connectivity index (χ1v) is 5.14. The van der Waals surface area contributed by atoms with Gasteiger partial charge in [-0.25, -0.2) is 8.78 Å². The van der Waals surface area contributed by atoms with E-state index in [2.05, 4.69) is 0 Å². The van der Waals surface area contributed by atoms with Crippen LogP contribution < -0.4 is 0 Å². The number of hydrogen-bond acceptors (Lipinski definition) is 1. The predicted molar refractivity (Wildman–Crippen MR) is 56.6 cm³/mol. The highest BCUT2D eigenvalue weighted by Gasteiger charge is 2.28. The number of hydrogen-bond donors (Lipinski definition) is 1. The third kappa shape index (κ3) is 3.29. The minimum absolute atomic E-state index is 0.0405. The molecule has 0 spiro atoms. The average molecular weight is 228 g/mol. The van der Waals surface area contributed by atoms with Crippen molar-refractivity contribution in [1.82, 2.24) is 0 Å². The number of alkyl halides is 2. The third-order valence-corrected chi connectivity index (χ3v) is 2.42. The van der Waals surface area contributed by atoms with Gasteiger partial charge >= 0.3 is 5.97 Å². The Morgan fingerprint density at radius 2 is 2.12 bits per heavy atom. The van der Waals surface area contributed by atoms with E-state index >= 15 is 0 Å². The average Bonchev–Trinajstić information content (AvgIpc) is 2.27. The lowest BCUT2D eigenvalue weighted by Gasteiger charge is -2.15. The maximum atomic E-state index is 13.3. The van der Waals surface area contributed by atoms with Gasteiger partial charge in [-0.15, -0.1) is 0 Å². The number of carboxylic acid groups (broad SMARTS) is 1. The van der Waals surface area contributed by atoms with Crippen LogP contribution >= 0.6 is 0 Å². The number of halogens is 2. The van der Waals surface area contributed by atoms with Gasteiger partial charge in [0.25, 0.3) is 5.92 Å². The molecule has 0 aliphatic carbocycles. The zero-order valence-electron chi connectivity index (χ0n) is 9.04. The van der Waals surface area contributed by atoms with Crippen molar-refractivity contribution in [2.45, 2.75) is 32.1 Å². The van der Waals surface area contributed by atoms with Crippen molar-refractivity contribution >= 4 is 5.97 Å². The summed E-state index contributed by atoms with van der Waals surface area (Å²) < 4.78 is 26.7. The molecule has 0 amide bonds. The van der Waals surface area contributed by atoms with Crippen LogP contribution in [0.4, 0.5) is 8.78 Å². The number of aryl methyl sites for hydroxylation is 1. The molecule has 2 nitrogen and oxygen atoms in total. The fourth-order valence-corrected chi connectivity index (χ4v) is 1.41. The summed E-state index contributed by atoms with van der Waals surface area (Å²) >= 11 is 0. The molecule has 0 aliphatic heterocycles. The van der Waals surface area contributed by atoms with Crippen molar-refractivity contribution in [2.75, 3.05) is 0 Å². The van der Waals surface area contributed by atoms with Gasteiger partial charge in [-0.1, -0.05) is 25.1 Å². The minimum atomic E-state index is -2.83.